The summed E-state index contributed by atoms with van der Waals surface area (Å²) in [6.07, 6.45) is 1.37. The molecule has 1 aromatic heterocycles. The molecule has 0 fully saturated rings. The number of benzene rings is 4. The SMILES string of the molecule is CCOc1cc(C)c(-c2nc3ccccc3c(=O)n2N=Cc2ccc(OCc3ccc(C(=O)O)cc3)c([N+](=O)[O-])c2)cc1C(C)C. The average molecular weight is 621 g/mol. The lowest BCUT2D eigenvalue weighted by atomic mass is 9.96. The Morgan fingerprint density at radius 3 is 2.46 bits per heavy atom. The maximum absolute atomic E-state index is 13.8. The fourth-order valence-electron chi connectivity index (χ4n) is 4.98. The number of hydrogen-bond donors (Lipinski definition) is 1. The first kappa shape index (κ1) is 31.6. The molecule has 234 valence electrons. The number of aromatic carboxylic acids is 1. The summed E-state index contributed by atoms with van der Waals surface area (Å²) in [5.41, 5.74) is 3.48. The summed E-state index contributed by atoms with van der Waals surface area (Å²) >= 11 is 0. The quantitative estimate of drug-likeness (QED) is 0.0947. The average Bonchev–Trinajstić information content (AvgIpc) is 3.03. The summed E-state index contributed by atoms with van der Waals surface area (Å²) in [6, 6.07) is 21.3. The van der Waals surface area contributed by atoms with Crippen LogP contribution in [0.3, 0.4) is 0 Å². The summed E-state index contributed by atoms with van der Waals surface area (Å²) in [6.45, 7) is 8.47. The number of rotatable bonds is 11. The van der Waals surface area contributed by atoms with E-state index in [1.165, 1.54) is 35.2 Å². The lowest BCUT2D eigenvalue weighted by Gasteiger charge is -2.18. The van der Waals surface area contributed by atoms with Gasteiger partial charge in [0.25, 0.3) is 5.56 Å². The van der Waals surface area contributed by atoms with Crippen molar-refractivity contribution in [2.75, 3.05) is 6.61 Å². The molecule has 11 nitrogen and oxygen atoms in total. The lowest BCUT2D eigenvalue weighted by Crippen LogP contribution is -2.21. The van der Waals surface area contributed by atoms with E-state index >= 15 is 0 Å². The zero-order chi connectivity index (χ0) is 33.0. The summed E-state index contributed by atoms with van der Waals surface area (Å²) in [5, 5.41) is 25.9. The Balaban J connectivity index is 1.54. The van der Waals surface area contributed by atoms with E-state index in [1.54, 1.807) is 36.4 Å². The molecule has 1 N–H and O–H groups in total. The predicted octanol–water partition coefficient (Wildman–Crippen LogP) is 6.96. The minimum atomic E-state index is -1.05. The number of para-hydroxylation sites is 1. The van der Waals surface area contributed by atoms with Crippen molar-refractivity contribution in [1.29, 1.82) is 0 Å². The van der Waals surface area contributed by atoms with Crippen molar-refractivity contribution in [2.24, 2.45) is 5.10 Å². The van der Waals surface area contributed by atoms with Gasteiger partial charge in [0, 0.05) is 17.2 Å². The number of nitro benzene ring substituents is 1. The highest BCUT2D eigenvalue weighted by Gasteiger charge is 2.20. The normalized spacial score (nSPS) is 11.3. The van der Waals surface area contributed by atoms with Crippen molar-refractivity contribution in [2.45, 2.75) is 40.2 Å². The number of carboxylic acids is 1. The van der Waals surface area contributed by atoms with Gasteiger partial charge in [-0.3, -0.25) is 14.9 Å². The van der Waals surface area contributed by atoms with Crippen molar-refractivity contribution in [3.63, 3.8) is 0 Å². The van der Waals surface area contributed by atoms with Crippen LogP contribution in [0, 0.1) is 17.0 Å². The molecule has 0 aliphatic carbocycles. The third-order valence-electron chi connectivity index (χ3n) is 7.37. The molecule has 0 aliphatic heterocycles. The van der Waals surface area contributed by atoms with Gasteiger partial charge >= 0.3 is 11.7 Å². The highest BCUT2D eigenvalue weighted by Crippen LogP contribution is 2.34. The molecule has 0 atom stereocenters. The van der Waals surface area contributed by atoms with E-state index in [2.05, 4.69) is 18.9 Å². The Hall–Kier alpha value is -5.84. The van der Waals surface area contributed by atoms with Crippen LogP contribution in [0.5, 0.6) is 11.5 Å². The van der Waals surface area contributed by atoms with Crippen molar-refractivity contribution in [3.05, 3.63) is 127 Å². The Bertz CT molecular complexity index is 2030. The molecule has 0 saturated carbocycles. The first-order chi connectivity index (χ1) is 22.1. The predicted molar refractivity (Wildman–Crippen MR) is 175 cm³/mol. The van der Waals surface area contributed by atoms with E-state index in [0.29, 0.717) is 40.0 Å². The minimum Gasteiger partial charge on any atom is -0.494 e. The number of aryl methyl sites for hydroxylation is 1. The lowest BCUT2D eigenvalue weighted by molar-refractivity contribution is -0.385. The van der Waals surface area contributed by atoms with Crippen LogP contribution in [0.1, 0.15) is 59.3 Å². The molecular weight excluding hydrogens is 588 g/mol. The zero-order valence-corrected chi connectivity index (χ0v) is 25.8. The molecule has 4 aromatic carbocycles. The fourth-order valence-corrected chi connectivity index (χ4v) is 4.98. The van der Waals surface area contributed by atoms with Crippen molar-refractivity contribution in [3.8, 4) is 22.9 Å². The molecule has 5 aromatic rings. The van der Waals surface area contributed by atoms with Gasteiger partial charge in [0.15, 0.2) is 11.6 Å². The maximum atomic E-state index is 13.8. The molecule has 0 amide bonds. The third kappa shape index (κ3) is 6.63. The van der Waals surface area contributed by atoms with Crippen LogP contribution in [0.4, 0.5) is 5.69 Å². The van der Waals surface area contributed by atoms with Crippen LogP contribution in [-0.2, 0) is 6.61 Å². The van der Waals surface area contributed by atoms with Gasteiger partial charge in [-0.15, -0.1) is 0 Å². The highest BCUT2D eigenvalue weighted by atomic mass is 16.6. The summed E-state index contributed by atoms with van der Waals surface area (Å²) in [7, 11) is 0. The first-order valence-electron chi connectivity index (χ1n) is 14.6. The number of nitro groups is 1. The van der Waals surface area contributed by atoms with Gasteiger partial charge in [-0.25, -0.2) is 9.78 Å². The second kappa shape index (κ2) is 13.4. The van der Waals surface area contributed by atoms with Crippen molar-refractivity contribution >= 4 is 28.8 Å². The monoisotopic (exact) mass is 620 g/mol. The molecule has 0 bridgehead atoms. The van der Waals surface area contributed by atoms with E-state index in [1.807, 2.05) is 32.0 Å². The second-order valence-electron chi connectivity index (χ2n) is 10.9. The fraction of sp³-hybridized carbons (Fsp3) is 0.200. The van der Waals surface area contributed by atoms with Crippen LogP contribution >= 0.6 is 0 Å². The number of hydrogen-bond acceptors (Lipinski definition) is 8. The van der Waals surface area contributed by atoms with Gasteiger partial charge in [-0.05, 0) is 85.0 Å². The maximum Gasteiger partial charge on any atom is 0.335 e. The molecule has 5 rings (SSSR count). The van der Waals surface area contributed by atoms with E-state index in [4.69, 9.17) is 19.6 Å². The summed E-state index contributed by atoms with van der Waals surface area (Å²) in [4.78, 5) is 41.1. The van der Waals surface area contributed by atoms with E-state index < -0.39 is 10.9 Å². The topological polar surface area (TPSA) is 146 Å². The van der Waals surface area contributed by atoms with Gasteiger partial charge in [0.05, 0.1) is 34.2 Å². The van der Waals surface area contributed by atoms with Crippen molar-refractivity contribution < 1.29 is 24.3 Å². The smallest absolute Gasteiger partial charge is 0.335 e. The Morgan fingerprint density at radius 1 is 1.04 bits per heavy atom. The van der Waals surface area contributed by atoms with Crippen LogP contribution in [0.2, 0.25) is 0 Å². The third-order valence-corrected chi connectivity index (χ3v) is 7.37. The Morgan fingerprint density at radius 2 is 1.78 bits per heavy atom. The molecule has 46 heavy (non-hydrogen) atoms. The molecular formula is C35H32N4O7. The largest absolute Gasteiger partial charge is 0.494 e. The van der Waals surface area contributed by atoms with Gasteiger partial charge in [-0.2, -0.15) is 9.78 Å². The molecule has 11 heteroatoms. The first-order valence-corrected chi connectivity index (χ1v) is 14.6. The van der Waals surface area contributed by atoms with Gasteiger partial charge in [-0.1, -0.05) is 38.1 Å². The van der Waals surface area contributed by atoms with Crippen LogP contribution in [0.15, 0.2) is 88.8 Å². The van der Waals surface area contributed by atoms with E-state index in [0.717, 1.165) is 16.9 Å². The minimum absolute atomic E-state index is 0.00447. The van der Waals surface area contributed by atoms with Crippen LogP contribution in [-0.4, -0.2) is 38.5 Å². The van der Waals surface area contributed by atoms with Gasteiger partial charge in [0.1, 0.15) is 12.4 Å². The highest BCUT2D eigenvalue weighted by molar-refractivity contribution is 5.87. The number of carboxylic acid groups (broad SMARTS) is 1. The van der Waals surface area contributed by atoms with Gasteiger partial charge < -0.3 is 14.6 Å². The summed E-state index contributed by atoms with van der Waals surface area (Å²) in [5.74, 6) is 0.204. The zero-order valence-electron chi connectivity index (χ0n) is 25.8. The van der Waals surface area contributed by atoms with Crippen LogP contribution in [0.25, 0.3) is 22.3 Å². The Kier molecular flexibility index (Phi) is 9.22. The van der Waals surface area contributed by atoms with Crippen LogP contribution < -0.4 is 15.0 Å². The molecule has 0 radical (unpaired) electrons. The number of fused-ring (bicyclic) bond motifs is 1. The molecule has 0 saturated heterocycles. The van der Waals surface area contributed by atoms with E-state index in [-0.39, 0.29) is 35.1 Å². The number of carbonyl (C=O) groups is 1. The van der Waals surface area contributed by atoms with Gasteiger partial charge in [0.2, 0.25) is 0 Å². The standard InChI is InChI=1S/C35H32N4O7/c1-5-45-32-16-22(4)28(18-27(32)21(2)3)33-37-29-9-7-6-8-26(29)34(40)38(33)36-19-24-12-15-31(30(17-24)39(43)44)46-20-23-10-13-25(14-11-23)35(41)42/h6-19,21H,5,20H2,1-4H3,(H,41,42). The molecule has 0 spiro atoms. The number of nitrogens with zero attached hydrogens (tertiary/aromatic N) is 4. The Labute approximate surface area is 264 Å². The summed E-state index contributed by atoms with van der Waals surface area (Å²) < 4.78 is 12.8. The molecule has 0 aliphatic rings. The molecule has 0 unspecified atom stereocenters. The van der Waals surface area contributed by atoms with Crippen molar-refractivity contribution in [1.82, 2.24) is 9.66 Å². The number of aromatic nitrogens is 2. The molecule has 1 heterocycles. The second-order valence-corrected chi connectivity index (χ2v) is 10.9. The number of ether oxygens (including phenoxy) is 2. The van der Waals surface area contributed by atoms with E-state index in [9.17, 15) is 19.7 Å².